The molecule has 2 aliphatic heterocycles. The molecule has 0 aromatic carbocycles. The quantitative estimate of drug-likeness (QED) is 0.0199. The first-order chi connectivity index (χ1) is 32.3. The highest BCUT2D eigenvalue weighted by molar-refractivity contribution is 5.98. The maximum absolute atomic E-state index is 14.4. The molecule has 9 amide bonds. The van der Waals surface area contributed by atoms with Crippen molar-refractivity contribution < 1.29 is 63.3 Å². The highest BCUT2D eigenvalue weighted by Gasteiger charge is 2.44. The van der Waals surface area contributed by atoms with E-state index < -0.39 is 126 Å². The van der Waals surface area contributed by atoms with Crippen LogP contribution in [0.4, 0.5) is 0 Å². The van der Waals surface area contributed by atoms with Crippen LogP contribution in [0.2, 0.25) is 0 Å². The Balaban J connectivity index is 2.27. The van der Waals surface area contributed by atoms with E-state index in [1.165, 1.54) is 16.7 Å². The summed E-state index contributed by atoms with van der Waals surface area (Å²) in [4.78, 5) is 138. The largest absolute Gasteiger partial charge is 0.480 e. The van der Waals surface area contributed by atoms with Gasteiger partial charge in [-0.1, -0.05) is 27.7 Å². The van der Waals surface area contributed by atoms with E-state index in [1.54, 1.807) is 13.8 Å². The molecule has 0 bridgehead atoms. The Morgan fingerprint density at radius 3 is 1.71 bits per heavy atom. The van der Waals surface area contributed by atoms with Gasteiger partial charge in [-0.15, -0.1) is 0 Å². The number of guanidine groups is 1. The number of carbonyl (C=O) groups is 10. The molecule has 0 saturated carbocycles. The average Bonchev–Trinajstić information content (AvgIpc) is 3.97. The number of nitrogens with one attached hydrogen (secondary N) is 6. The van der Waals surface area contributed by atoms with Gasteiger partial charge in [0.1, 0.15) is 42.3 Å². The highest BCUT2D eigenvalue weighted by atomic mass is 16.4. The number of aliphatic hydroxyl groups excluding tert-OH is 2. The fourth-order valence-corrected chi connectivity index (χ4v) is 7.91. The van der Waals surface area contributed by atoms with Gasteiger partial charge in [-0.2, -0.15) is 0 Å². The zero-order valence-electron chi connectivity index (χ0n) is 40.4. The van der Waals surface area contributed by atoms with Crippen molar-refractivity contribution in [1.29, 1.82) is 0 Å². The summed E-state index contributed by atoms with van der Waals surface area (Å²) in [5, 5.41) is 43.9. The lowest BCUT2D eigenvalue weighted by atomic mass is 10.0. The molecule has 2 heterocycles. The molecule has 26 nitrogen and oxygen atoms in total. The van der Waals surface area contributed by atoms with E-state index >= 15 is 0 Å². The van der Waals surface area contributed by atoms with Crippen LogP contribution in [-0.2, 0) is 47.9 Å². The summed E-state index contributed by atoms with van der Waals surface area (Å²) in [6, 6.07) is -11.4. The summed E-state index contributed by atoms with van der Waals surface area (Å²) >= 11 is 0. The molecule has 2 aliphatic rings. The van der Waals surface area contributed by atoms with Crippen LogP contribution in [0, 0.1) is 11.8 Å². The van der Waals surface area contributed by atoms with Gasteiger partial charge in [-0.3, -0.25) is 48.1 Å². The average molecular weight is 982 g/mol. The number of rotatable bonds is 28. The van der Waals surface area contributed by atoms with Gasteiger partial charge in [-0.05, 0) is 83.5 Å². The number of aliphatic hydroxyl groups is 2. The number of hydrogen-bond acceptors (Lipinski definition) is 14. The molecule has 0 aromatic heterocycles. The van der Waals surface area contributed by atoms with Crippen LogP contribution in [0.25, 0.3) is 0 Å². The van der Waals surface area contributed by atoms with Crippen molar-refractivity contribution >= 4 is 65.1 Å². The van der Waals surface area contributed by atoms with Crippen molar-refractivity contribution in [2.75, 3.05) is 26.2 Å². The molecule has 26 heteroatoms. The topological polar surface area (TPSA) is 426 Å². The molecule has 17 N–H and O–H groups in total. The van der Waals surface area contributed by atoms with Crippen LogP contribution >= 0.6 is 0 Å². The molecule has 69 heavy (non-hydrogen) atoms. The molecule has 2 fully saturated rings. The molecule has 0 unspecified atom stereocenters. The summed E-state index contributed by atoms with van der Waals surface area (Å²) in [5.74, 6) is -8.62. The molecule has 0 radical (unpaired) electrons. The van der Waals surface area contributed by atoms with Gasteiger partial charge in [0.25, 0.3) is 0 Å². The number of aliphatic carboxylic acids is 1. The Hall–Kier alpha value is -6.15. The van der Waals surface area contributed by atoms with E-state index in [-0.39, 0.29) is 88.8 Å². The molecule has 2 rings (SSSR count). The first-order valence-corrected chi connectivity index (χ1v) is 23.3. The Morgan fingerprint density at radius 2 is 1.17 bits per heavy atom. The number of amides is 9. The lowest BCUT2D eigenvalue weighted by Crippen LogP contribution is -2.60. The molecule has 10 atom stereocenters. The van der Waals surface area contributed by atoms with E-state index in [0.717, 1.165) is 6.92 Å². The molecule has 0 spiro atoms. The standard InChI is InChI=1S/C43H75N13O13/c1-21(2)18-27(51-35(61)25(44)13-14-32(45)59)36(62)49-23(5)34(60)50-26(10-7-15-48-43(46)47)40(66)56-17-9-12-31(56)41(67)55-16-8-11-30(55)39(65)52-28(19-22(3)4)37(63)53-29(20-57)38(64)54-33(24(6)58)42(68)69/h21-31,33,57-58H,7-20,44H2,1-6H3,(H2,45,59)(H,49,62)(H,50,60)(H,51,61)(H,52,65)(H,53,63)(H,54,64)(H,68,69)(H4,46,47,48)/t23-,24+,25-,26-,27-,28-,29-,30-,31-,33-/m0/s1. The third-order valence-corrected chi connectivity index (χ3v) is 11.6. The van der Waals surface area contributed by atoms with Crippen molar-refractivity contribution in [2.24, 2.45) is 39.8 Å². The van der Waals surface area contributed by atoms with Crippen LogP contribution < -0.4 is 54.8 Å². The summed E-state index contributed by atoms with van der Waals surface area (Å²) in [7, 11) is 0. The summed E-state index contributed by atoms with van der Waals surface area (Å²) < 4.78 is 0. The minimum Gasteiger partial charge on any atom is -0.480 e. The molecule has 0 aromatic rings. The maximum atomic E-state index is 14.4. The maximum Gasteiger partial charge on any atom is 0.328 e. The number of nitrogens with zero attached hydrogens (tertiary/aromatic N) is 3. The molecular formula is C43H75N13O13. The van der Waals surface area contributed by atoms with Crippen molar-refractivity contribution in [2.45, 2.75) is 166 Å². The van der Waals surface area contributed by atoms with Gasteiger partial charge < -0.3 is 80.0 Å². The van der Waals surface area contributed by atoms with E-state index in [9.17, 15) is 63.3 Å². The van der Waals surface area contributed by atoms with Crippen molar-refractivity contribution in [3.05, 3.63) is 0 Å². The van der Waals surface area contributed by atoms with Crippen LogP contribution in [0.3, 0.4) is 0 Å². The van der Waals surface area contributed by atoms with Crippen LogP contribution in [0.1, 0.15) is 106 Å². The molecule has 390 valence electrons. The number of nitrogens with two attached hydrogens (primary N) is 4. The molecule has 2 saturated heterocycles. The fourth-order valence-electron chi connectivity index (χ4n) is 7.91. The van der Waals surface area contributed by atoms with E-state index in [2.05, 4.69) is 36.9 Å². The molecule has 0 aliphatic carbocycles. The first-order valence-electron chi connectivity index (χ1n) is 23.3. The summed E-state index contributed by atoms with van der Waals surface area (Å²) in [6.45, 7) is 9.12. The predicted octanol–water partition coefficient (Wildman–Crippen LogP) is -4.91. The smallest absolute Gasteiger partial charge is 0.328 e. The number of carboxylic acid groups (broad SMARTS) is 1. The first kappa shape index (κ1) is 59.0. The molecular weight excluding hydrogens is 907 g/mol. The Kier molecular flexibility index (Phi) is 24.2. The van der Waals surface area contributed by atoms with E-state index in [1.807, 2.05) is 13.8 Å². The van der Waals surface area contributed by atoms with Gasteiger partial charge in [-0.25, -0.2) is 4.79 Å². The second-order valence-electron chi connectivity index (χ2n) is 18.4. The van der Waals surface area contributed by atoms with Crippen molar-refractivity contribution in [3.63, 3.8) is 0 Å². The van der Waals surface area contributed by atoms with Crippen molar-refractivity contribution in [3.8, 4) is 0 Å². The van der Waals surface area contributed by atoms with Crippen LogP contribution in [0.15, 0.2) is 4.99 Å². The fraction of sp³-hybridized carbons (Fsp3) is 0.744. The minimum atomic E-state index is -1.74. The van der Waals surface area contributed by atoms with Gasteiger partial charge in [0.2, 0.25) is 53.2 Å². The zero-order chi connectivity index (χ0) is 52.3. The Morgan fingerprint density at radius 1 is 0.652 bits per heavy atom. The van der Waals surface area contributed by atoms with Crippen LogP contribution in [-0.4, -0.2) is 177 Å². The third kappa shape index (κ3) is 19.0. The van der Waals surface area contributed by atoms with Crippen molar-refractivity contribution in [1.82, 2.24) is 41.7 Å². The Labute approximate surface area is 401 Å². The SMILES string of the molecule is CC(C)C[C@H](NC(=O)[C@@H](N)CCC(N)=O)C(=O)N[C@@H](C)C(=O)N[C@@H](CCCN=C(N)N)C(=O)N1CCC[C@H]1C(=O)N1CCC[C@H]1C(=O)N[C@@H](CC(C)C)C(=O)N[C@@H](CO)C(=O)N[C@H](C(=O)O)[C@@H](C)O. The van der Waals surface area contributed by atoms with Gasteiger partial charge in [0.15, 0.2) is 12.0 Å². The monoisotopic (exact) mass is 982 g/mol. The zero-order valence-corrected chi connectivity index (χ0v) is 40.4. The normalized spacial score (nSPS) is 19.2. The number of likely N-dealkylation sites (tertiary alicyclic amines) is 2. The van der Waals surface area contributed by atoms with Gasteiger partial charge in [0.05, 0.1) is 18.8 Å². The Bertz CT molecular complexity index is 1860. The lowest BCUT2D eigenvalue weighted by molar-refractivity contribution is -0.148. The highest BCUT2D eigenvalue weighted by Crippen LogP contribution is 2.26. The van der Waals surface area contributed by atoms with E-state index in [4.69, 9.17) is 22.9 Å². The second-order valence-corrected chi connectivity index (χ2v) is 18.4. The number of carbonyl (C=O) groups excluding carboxylic acids is 9. The summed E-state index contributed by atoms with van der Waals surface area (Å²) in [6.07, 6.45) is 0.0284. The van der Waals surface area contributed by atoms with Gasteiger partial charge >= 0.3 is 5.97 Å². The third-order valence-electron chi connectivity index (χ3n) is 11.6. The number of primary amides is 1. The van der Waals surface area contributed by atoms with E-state index in [0.29, 0.717) is 12.8 Å². The minimum absolute atomic E-state index is 0.0161. The predicted molar refractivity (Wildman–Crippen MR) is 248 cm³/mol. The number of aliphatic imine (C=N–C) groups is 1. The summed E-state index contributed by atoms with van der Waals surface area (Å²) in [5.41, 5.74) is 22.1. The van der Waals surface area contributed by atoms with Gasteiger partial charge in [0, 0.05) is 26.1 Å². The van der Waals surface area contributed by atoms with Crippen LogP contribution in [0.5, 0.6) is 0 Å². The lowest BCUT2D eigenvalue weighted by Gasteiger charge is -2.33. The number of hydrogen-bond donors (Lipinski definition) is 13. The number of carboxylic acids is 1. The second kappa shape index (κ2) is 28.4.